The first-order valence-corrected chi connectivity index (χ1v) is 10.3. The Balaban J connectivity index is 1.66. The molecule has 0 unspecified atom stereocenters. The average Bonchev–Trinajstić information content (AvgIpc) is 2.86. The highest BCUT2D eigenvalue weighted by molar-refractivity contribution is 6.10. The van der Waals surface area contributed by atoms with Gasteiger partial charge in [0.1, 0.15) is 12.1 Å². The van der Waals surface area contributed by atoms with E-state index < -0.39 is 41.7 Å². The molecule has 2 aliphatic rings. The van der Waals surface area contributed by atoms with E-state index in [9.17, 15) is 27.6 Å². The van der Waals surface area contributed by atoms with Gasteiger partial charge in [-0.2, -0.15) is 13.2 Å². The lowest BCUT2D eigenvalue weighted by Crippen LogP contribution is -2.50. The number of hydrogen-bond acceptors (Lipinski definition) is 3. The van der Waals surface area contributed by atoms with E-state index in [-0.39, 0.29) is 16.7 Å². The van der Waals surface area contributed by atoms with E-state index in [1.54, 1.807) is 0 Å². The fourth-order valence-electron chi connectivity index (χ4n) is 4.48. The van der Waals surface area contributed by atoms with E-state index in [1.165, 1.54) is 19.1 Å². The Morgan fingerprint density at radius 3 is 2.35 bits per heavy atom. The molecule has 1 aliphatic carbocycles. The van der Waals surface area contributed by atoms with Gasteiger partial charge in [0.25, 0.3) is 5.91 Å². The highest BCUT2D eigenvalue weighted by atomic mass is 19.4. The van der Waals surface area contributed by atoms with Crippen molar-refractivity contribution in [2.24, 2.45) is 11.3 Å². The van der Waals surface area contributed by atoms with Crippen molar-refractivity contribution in [3.8, 4) is 0 Å². The van der Waals surface area contributed by atoms with Gasteiger partial charge in [-0.25, -0.2) is 4.79 Å². The van der Waals surface area contributed by atoms with E-state index in [4.69, 9.17) is 0 Å². The van der Waals surface area contributed by atoms with Gasteiger partial charge < -0.3 is 10.6 Å². The van der Waals surface area contributed by atoms with Crippen molar-refractivity contribution in [1.29, 1.82) is 0 Å². The molecule has 1 heterocycles. The molecule has 2 N–H and O–H groups in total. The first-order valence-electron chi connectivity index (χ1n) is 10.3. The summed E-state index contributed by atoms with van der Waals surface area (Å²) < 4.78 is 39.2. The standard InChI is InChI=1S/C22H28F3N3O3/c1-13-5-6-15(11-16(13)22(23,24)25)26-17(29)12-28-18(30)21(27-19(28)31)9-7-14(8-10-21)20(2,3)4/h5-6,11,14H,7-10,12H2,1-4H3,(H,26,29)(H,27,31). The van der Waals surface area contributed by atoms with Crippen LogP contribution in [-0.4, -0.2) is 34.8 Å². The molecule has 1 spiro atoms. The van der Waals surface area contributed by atoms with Gasteiger partial charge in [-0.3, -0.25) is 14.5 Å². The van der Waals surface area contributed by atoms with Crippen molar-refractivity contribution in [1.82, 2.24) is 10.2 Å². The molecule has 4 amide bonds. The lowest BCUT2D eigenvalue weighted by atomic mass is 9.67. The number of carbonyl (C=O) groups excluding carboxylic acids is 3. The lowest BCUT2D eigenvalue weighted by molar-refractivity contribution is -0.138. The smallest absolute Gasteiger partial charge is 0.325 e. The molecule has 6 nitrogen and oxygen atoms in total. The Labute approximate surface area is 179 Å². The van der Waals surface area contributed by atoms with Crippen LogP contribution >= 0.6 is 0 Å². The van der Waals surface area contributed by atoms with E-state index >= 15 is 0 Å². The van der Waals surface area contributed by atoms with Crippen LogP contribution in [0.1, 0.15) is 57.6 Å². The number of nitrogens with zero attached hydrogens (tertiary/aromatic N) is 1. The van der Waals surface area contributed by atoms with Gasteiger partial charge in [0.05, 0.1) is 5.56 Å². The summed E-state index contributed by atoms with van der Waals surface area (Å²) in [6.45, 7) is 7.23. The zero-order valence-corrected chi connectivity index (χ0v) is 18.2. The molecule has 31 heavy (non-hydrogen) atoms. The Morgan fingerprint density at radius 2 is 1.81 bits per heavy atom. The second kappa shape index (κ2) is 7.84. The van der Waals surface area contributed by atoms with E-state index in [2.05, 4.69) is 31.4 Å². The number of benzene rings is 1. The number of carbonyl (C=O) groups is 3. The Bertz CT molecular complexity index is 897. The van der Waals surface area contributed by atoms with Gasteiger partial charge in [0.2, 0.25) is 5.91 Å². The Hall–Kier alpha value is -2.58. The summed E-state index contributed by atoms with van der Waals surface area (Å²) in [5.41, 5.74) is -1.75. The maximum Gasteiger partial charge on any atom is 0.416 e. The first kappa shape index (κ1) is 23.1. The van der Waals surface area contributed by atoms with Crippen molar-refractivity contribution in [2.75, 3.05) is 11.9 Å². The van der Waals surface area contributed by atoms with Gasteiger partial charge >= 0.3 is 12.2 Å². The molecule has 0 radical (unpaired) electrons. The average molecular weight is 439 g/mol. The summed E-state index contributed by atoms with van der Waals surface area (Å²) in [7, 11) is 0. The zero-order valence-electron chi connectivity index (χ0n) is 18.2. The molecule has 0 atom stereocenters. The van der Waals surface area contributed by atoms with Crippen LogP contribution in [-0.2, 0) is 15.8 Å². The van der Waals surface area contributed by atoms with Crippen LogP contribution in [0.5, 0.6) is 0 Å². The van der Waals surface area contributed by atoms with Crippen molar-refractivity contribution in [2.45, 2.75) is 65.1 Å². The molecule has 0 bridgehead atoms. The van der Waals surface area contributed by atoms with Crippen molar-refractivity contribution < 1.29 is 27.6 Å². The van der Waals surface area contributed by atoms with Crippen LogP contribution in [0.25, 0.3) is 0 Å². The second-order valence-corrected chi connectivity index (χ2v) is 9.62. The van der Waals surface area contributed by atoms with Crippen LogP contribution in [0.2, 0.25) is 0 Å². The number of anilines is 1. The van der Waals surface area contributed by atoms with Crippen molar-refractivity contribution >= 4 is 23.5 Å². The molecule has 1 saturated carbocycles. The quantitative estimate of drug-likeness (QED) is 0.682. The van der Waals surface area contributed by atoms with Gasteiger partial charge in [0, 0.05) is 5.69 Å². The third-order valence-corrected chi connectivity index (χ3v) is 6.44. The summed E-state index contributed by atoms with van der Waals surface area (Å²) in [5.74, 6) is -0.745. The van der Waals surface area contributed by atoms with E-state index in [1.807, 2.05) is 0 Å². The minimum absolute atomic E-state index is 0.0346. The van der Waals surface area contributed by atoms with Gasteiger partial charge in [-0.1, -0.05) is 26.8 Å². The number of nitrogens with one attached hydrogen (secondary N) is 2. The van der Waals surface area contributed by atoms with Crippen LogP contribution < -0.4 is 10.6 Å². The minimum Gasteiger partial charge on any atom is -0.325 e. The summed E-state index contributed by atoms with van der Waals surface area (Å²) in [6.07, 6.45) is -1.96. The van der Waals surface area contributed by atoms with Crippen LogP contribution in [0.3, 0.4) is 0 Å². The van der Waals surface area contributed by atoms with Gasteiger partial charge in [-0.15, -0.1) is 0 Å². The number of halogens is 3. The summed E-state index contributed by atoms with van der Waals surface area (Å²) in [4.78, 5) is 38.6. The molecule has 1 aromatic rings. The highest BCUT2D eigenvalue weighted by Gasteiger charge is 2.53. The predicted octanol–water partition coefficient (Wildman–Crippen LogP) is 4.48. The number of alkyl halides is 3. The van der Waals surface area contributed by atoms with Gasteiger partial charge in [-0.05, 0) is 61.6 Å². The van der Waals surface area contributed by atoms with E-state index in [0.29, 0.717) is 18.8 Å². The largest absolute Gasteiger partial charge is 0.416 e. The van der Waals surface area contributed by atoms with Crippen LogP contribution in [0.15, 0.2) is 18.2 Å². The molecule has 0 aromatic heterocycles. The molecule has 3 rings (SSSR count). The Kier molecular flexibility index (Phi) is 5.84. The minimum atomic E-state index is -4.55. The first-order chi connectivity index (χ1) is 14.2. The molecule has 1 aliphatic heterocycles. The zero-order chi connectivity index (χ0) is 23.2. The second-order valence-electron chi connectivity index (χ2n) is 9.62. The van der Waals surface area contributed by atoms with Crippen LogP contribution in [0.4, 0.5) is 23.7 Å². The van der Waals surface area contributed by atoms with Crippen molar-refractivity contribution in [3.05, 3.63) is 29.3 Å². The number of urea groups is 1. The third-order valence-electron chi connectivity index (χ3n) is 6.44. The monoisotopic (exact) mass is 439 g/mol. The number of imide groups is 1. The fraction of sp³-hybridized carbons (Fsp3) is 0.591. The lowest BCUT2D eigenvalue weighted by Gasteiger charge is -2.40. The Morgan fingerprint density at radius 1 is 1.19 bits per heavy atom. The molecule has 1 aromatic carbocycles. The molecule has 2 fully saturated rings. The number of hydrogen-bond donors (Lipinski definition) is 2. The third kappa shape index (κ3) is 4.70. The summed E-state index contributed by atoms with van der Waals surface area (Å²) in [6, 6.07) is 2.81. The molecule has 170 valence electrons. The normalized spacial score (nSPS) is 24.5. The number of aryl methyl sites for hydroxylation is 1. The molecular formula is C22H28F3N3O3. The maximum atomic E-state index is 13.1. The predicted molar refractivity (Wildman–Crippen MR) is 109 cm³/mol. The number of rotatable bonds is 3. The fourth-order valence-corrected chi connectivity index (χ4v) is 4.48. The maximum absolute atomic E-state index is 13.1. The van der Waals surface area contributed by atoms with Crippen LogP contribution in [0, 0.1) is 18.3 Å². The molecular weight excluding hydrogens is 411 g/mol. The van der Waals surface area contributed by atoms with Crippen molar-refractivity contribution in [3.63, 3.8) is 0 Å². The topological polar surface area (TPSA) is 78.5 Å². The van der Waals surface area contributed by atoms with E-state index in [0.717, 1.165) is 23.8 Å². The number of amides is 4. The SMILES string of the molecule is Cc1ccc(NC(=O)CN2C(=O)NC3(CCC(C(C)(C)C)CC3)C2=O)cc1C(F)(F)F. The summed E-state index contributed by atoms with van der Waals surface area (Å²) in [5, 5.41) is 5.11. The summed E-state index contributed by atoms with van der Waals surface area (Å²) >= 11 is 0. The van der Waals surface area contributed by atoms with Gasteiger partial charge in [0.15, 0.2) is 0 Å². The highest BCUT2D eigenvalue weighted by Crippen LogP contribution is 2.43. The molecule has 1 saturated heterocycles. The molecule has 9 heteroatoms.